The lowest BCUT2D eigenvalue weighted by Crippen LogP contribution is -2.04. The number of aromatic nitrogens is 2. The number of methoxy groups -OCH3 is 1. The van der Waals surface area contributed by atoms with E-state index in [9.17, 15) is 4.79 Å². The van der Waals surface area contributed by atoms with Crippen LogP contribution in [0, 0.1) is 0 Å². The van der Waals surface area contributed by atoms with Crippen LogP contribution in [-0.4, -0.2) is 23.3 Å². The summed E-state index contributed by atoms with van der Waals surface area (Å²) in [6.45, 7) is 0. The van der Waals surface area contributed by atoms with Crippen LogP contribution in [0.25, 0.3) is 0 Å². The third kappa shape index (κ3) is 1.09. The molecule has 0 atom stereocenters. The van der Waals surface area contributed by atoms with Gasteiger partial charge in [-0.1, -0.05) is 0 Å². The highest BCUT2D eigenvalue weighted by atomic mass is 16.5. The molecule has 1 aromatic rings. The third-order valence-corrected chi connectivity index (χ3v) is 2.08. The minimum atomic E-state index is -0.325. The number of ether oxygens (including phenoxy) is 1. The van der Waals surface area contributed by atoms with Gasteiger partial charge in [0.15, 0.2) is 0 Å². The van der Waals surface area contributed by atoms with Crippen molar-refractivity contribution in [3.8, 4) is 0 Å². The van der Waals surface area contributed by atoms with Gasteiger partial charge in [-0.15, -0.1) is 0 Å². The van der Waals surface area contributed by atoms with Gasteiger partial charge in [0.1, 0.15) is 5.69 Å². The fourth-order valence-corrected chi connectivity index (χ4v) is 1.26. The van der Waals surface area contributed by atoms with Crippen molar-refractivity contribution < 1.29 is 9.53 Å². The molecule has 64 valence electrons. The quantitative estimate of drug-likeness (QED) is 0.668. The molecule has 0 aliphatic heterocycles. The van der Waals surface area contributed by atoms with Gasteiger partial charge < -0.3 is 4.74 Å². The normalized spacial score (nSPS) is 16.1. The van der Waals surface area contributed by atoms with Crippen LogP contribution in [0.2, 0.25) is 0 Å². The van der Waals surface area contributed by atoms with E-state index in [1.165, 1.54) is 7.11 Å². The summed E-state index contributed by atoms with van der Waals surface area (Å²) in [6, 6.07) is 0. The first-order valence-corrected chi connectivity index (χ1v) is 3.94. The van der Waals surface area contributed by atoms with Crippen LogP contribution in [0.1, 0.15) is 34.8 Å². The Morgan fingerprint density at radius 1 is 1.75 bits per heavy atom. The molecule has 1 aliphatic rings. The second kappa shape index (κ2) is 2.62. The van der Waals surface area contributed by atoms with E-state index in [1.807, 2.05) is 0 Å². The minimum absolute atomic E-state index is 0.325. The Balaban J connectivity index is 2.29. The lowest BCUT2D eigenvalue weighted by atomic mass is 10.1. The van der Waals surface area contributed by atoms with Crippen LogP contribution in [0.15, 0.2) is 6.20 Å². The van der Waals surface area contributed by atoms with Crippen LogP contribution < -0.4 is 0 Å². The maximum atomic E-state index is 11.1. The first kappa shape index (κ1) is 7.34. The second-order valence-electron chi connectivity index (χ2n) is 2.97. The van der Waals surface area contributed by atoms with E-state index in [1.54, 1.807) is 6.20 Å². The Kier molecular flexibility index (Phi) is 1.60. The van der Waals surface area contributed by atoms with Crippen molar-refractivity contribution in [1.82, 2.24) is 10.2 Å². The van der Waals surface area contributed by atoms with E-state index in [4.69, 9.17) is 0 Å². The minimum Gasteiger partial charge on any atom is -0.464 e. The largest absolute Gasteiger partial charge is 0.464 e. The summed E-state index contributed by atoms with van der Waals surface area (Å²) in [6.07, 6.45) is 4.02. The third-order valence-electron chi connectivity index (χ3n) is 2.08. The fraction of sp³-hybridized carbons (Fsp3) is 0.500. The van der Waals surface area contributed by atoms with Gasteiger partial charge in [-0.25, -0.2) is 4.79 Å². The molecule has 4 heteroatoms. The number of hydrogen-bond acceptors (Lipinski definition) is 3. The summed E-state index contributed by atoms with van der Waals surface area (Å²) in [4.78, 5) is 11.1. The van der Waals surface area contributed by atoms with Crippen molar-refractivity contribution in [1.29, 1.82) is 0 Å². The number of aromatic amines is 1. The van der Waals surface area contributed by atoms with E-state index in [0.717, 1.165) is 18.4 Å². The fourth-order valence-electron chi connectivity index (χ4n) is 1.26. The van der Waals surface area contributed by atoms with Crippen molar-refractivity contribution in [3.05, 3.63) is 17.5 Å². The van der Waals surface area contributed by atoms with E-state index in [-0.39, 0.29) is 5.97 Å². The van der Waals surface area contributed by atoms with Crippen molar-refractivity contribution in [2.45, 2.75) is 18.8 Å². The number of esters is 1. The van der Waals surface area contributed by atoms with Gasteiger partial charge in [-0.2, -0.15) is 5.10 Å². The van der Waals surface area contributed by atoms with Crippen LogP contribution >= 0.6 is 0 Å². The first-order chi connectivity index (χ1) is 5.83. The highest BCUT2D eigenvalue weighted by molar-refractivity contribution is 5.89. The first-order valence-electron chi connectivity index (χ1n) is 3.94. The average Bonchev–Trinajstić information content (AvgIpc) is 2.83. The molecule has 2 rings (SSSR count). The Hall–Kier alpha value is -1.32. The summed E-state index contributed by atoms with van der Waals surface area (Å²) in [7, 11) is 1.37. The van der Waals surface area contributed by atoms with Gasteiger partial charge in [0.2, 0.25) is 0 Å². The summed E-state index contributed by atoms with van der Waals surface area (Å²) in [5.41, 5.74) is 1.52. The number of hydrogen-bond donors (Lipinski definition) is 1. The highest BCUT2D eigenvalue weighted by Crippen LogP contribution is 2.41. The molecule has 12 heavy (non-hydrogen) atoms. The Labute approximate surface area is 69.9 Å². The molecule has 0 spiro atoms. The van der Waals surface area contributed by atoms with Gasteiger partial charge in [0.25, 0.3) is 0 Å². The number of carbonyl (C=O) groups is 1. The van der Waals surface area contributed by atoms with E-state index < -0.39 is 0 Å². The molecule has 1 N–H and O–H groups in total. The molecule has 1 fully saturated rings. The second-order valence-corrected chi connectivity index (χ2v) is 2.97. The molecule has 1 aromatic heterocycles. The van der Waals surface area contributed by atoms with E-state index in [0.29, 0.717) is 11.6 Å². The van der Waals surface area contributed by atoms with Crippen LogP contribution in [0.4, 0.5) is 0 Å². The number of H-pyrrole nitrogens is 1. The van der Waals surface area contributed by atoms with E-state index in [2.05, 4.69) is 14.9 Å². The monoisotopic (exact) mass is 166 g/mol. The topological polar surface area (TPSA) is 55.0 Å². The van der Waals surface area contributed by atoms with Crippen molar-refractivity contribution in [2.24, 2.45) is 0 Å². The number of carbonyl (C=O) groups excluding carboxylic acids is 1. The molecular weight excluding hydrogens is 156 g/mol. The van der Waals surface area contributed by atoms with Gasteiger partial charge in [-0.05, 0) is 18.8 Å². The zero-order valence-electron chi connectivity index (χ0n) is 6.83. The molecule has 0 saturated heterocycles. The van der Waals surface area contributed by atoms with Crippen LogP contribution in [-0.2, 0) is 4.74 Å². The van der Waals surface area contributed by atoms with E-state index >= 15 is 0 Å². The Bertz CT molecular complexity index is 302. The molecule has 0 unspecified atom stereocenters. The molecule has 0 bridgehead atoms. The molecule has 4 nitrogen and oxygen atoms in total. The summed E-state index contributed by atoms with van der Waals surface area (Å²) in [5.74, 6) is 0.201. The molecule has 1 aliphatic carbocycles. The zero-order valence-corrected chi connectivity index (χ0v) is 6.83. The lowest BCUT2D eigenvalue weighted by molar-refractivity contribution is 0.0592. The predicted octanol–water partition coefficient (Wildman–Crippen LogP) is 1.07. The summed E-state index contributed by atoms with van der Waals surface area (Å²) < 4.78 is 4.60. The molecule has 1 saturated carbocycles. The number of nitrogens with zero attached hydrogens (tertiary/aromatic N) is 1. The smallest absolute Gasteiger partial charge is 0.356 e. The molecule has 0 radical (unpaired) electrons. The lowest BCUT2D eigenvalue weighted by Gasteiger charge is -1.97. The standard InChI is InChI=1S/C8H10N2O2/c1-12-8(11)7-6(4-9-10-7)5-2-3-5/h4-5H,2-3H2,1H3,(H,9,10). The molecular formula is C8H10N2O2. The van der Waals surface area contributed by atoms with Gasteiger partial charge in [0.05, 0.1) is 13.3 Å². The summed E-state index contributed by atoms with van der Waals surface area (Å²) in [5, 5.41) is 6.48. The Morgan fingerprint density at radius 2 is 2.50 bits per heavy atom. The van der Waals surface area contributed by atoms with Crippen LogP contribution in [0.5, 0.6) is 0 Å². The van der Waals surface area contributed by atoms with Gasteiger partial charge in [0, 0.05) is 5.56 Å². The number of nitrogens with one attached hydrogen (secondary N) is 1. The van der Waals surface area contributed by atoms with Gasteiger partial charge >= 0.3 is 5.97 Å². The molecule has 0 aromatic carbocycles. The number of rotatable bonds is 2. The maximum absolute atomic E-state index is 11.1. The molecule has 0 amide bonds. The average molecular weight is 166 g/mol. The maximum Gasteiger partial charge on any atom is 0.356 e. The van der Waals surface area contributed by atoms with Crippen molar-refractivity contribution >= 4 is 5.97 Å². The molecule has 1 heterocycles. The zero-order chi connectivity index (χ0) is 8.55. The SMILES string of the molecule is COC(=O)c1[nH]ncc1C1CC1. The van der Waals surface area contributed by atoms with Crippen molar-refractivity contribution in [2.75, 3.05) is 7.11 Å². The van der Waals surface area contributed by atoms with Crippen molar-refractivity contribution in [3.63, 3.8) is 0 Å². The Morgan fingerprint density at radius 3 is 3.08 bits per heavy atom. The predicted molar refractivity (Wildman–Crippen MR) is 41.9 cm³/mol. The summed E-state index contributed by atoms with van der Waals surface area (Å²) >= 11 is 0. The highest BCUT2D eigenvalue weighted by Gasteiger charge is 2.29. The van der Waals surface area contributed by atoms with Crippen LogP contribution in [0.3, 0.4) is 0 Å². The van der Waals surface area contributed by atoms with Gasteiger partial charge in [-0.3, -0.25) is 5.10 Å².